The molecule has 2 atom stereocenters. The first-order valence-corrected chi connectivity index (χ1v) is 9.07. The third kappa shape index (κ3) is 4.22. The van der Waals surface area contributed by atoms with Crippen molar-refractivity contribution in [1.82, 2.24) is 4.90 Å². The molecular formula is C19H24N2O5. The summed E-state index contributed by atoms with van der Waals surface area (Å²) in [6.07, 6.45) is 2.85. The lowest BCUT2D eigenvalue weighted by atomic mass is 9.78. The Morgan fingerprint density at radius 2 is 1.62 bits per heavy atom. The maximum absolute atomic E-state index is 12.5. The van der Waals surface area contributed by atoms with Crippen LogP contribution in [0.2, 0.25) is 0 Å². The van der Waals surface area contributed by atoms with Crippen LogP contribution in [0.15, 0.2) is 24.3 Å². The van der Waals surface area contributed by atoms with Gasteiger partial charge >= 0.3 is 5.97 Å². The summed E-state index contributed by atoms with van der Waals surface area (Å²) in [5.74, 6) is -2.34. The van der Waals surface area contributed by atoms with Crippen molar-refractivity contribution in [3.05, 3.63) is 29.8 Å². The molecule has 1 aliphatic carbocycles. The van der Waals surface area contributed by atoms with E-state index in [2.05, 4.69) is 5.32 Å². The van der Waals surface area contributed by atoms with Crippen LogP contribution in [0.3, 0.4) is 0 Å². The zero-order valence-electron chi connectivity index (χ0n) is 14.6. The van der Waals surface area contributed by atoms with Gasteiger partial charge in [0.25, 0.3) is 5.91 Å². The van der Waals surface area contributed by atoms with Crippen molar-refractivity contribution in [2.24, 2.45) is 11.8 Å². The minimum atomic E-state index is -0.906. The molecule has 1 aliphatic heterocycles. The minimum absolute atomic E-state index is 0.0515. The second-order valence-electron chi connectivity index (χ2n) is 6.81. The van der Waals surface area contributed by atoms with Gasteiger partial charge in [0.1, 0.15) is 0 Å². The van der Waals surface area contributed by atoms with Crippen molar-refractivity contribution in [3.8, 4) is 0 Å². The second-order valence-corrected chi connectivity index (χ2v) is 6.81. The fourth-order valence-electron chi connectivity index (χ4n) is 3.62. The van der Waals surface area contributed by atoms with Crippen LogP contribution in [0, 0.1) is 11.8 Å². The quantitative estimate of drug-likeness (QED) is 0.856. The van der Waals surface area contributed by atoms with E-state index < -0.39 is 17.8 Å². The molecular weight excluding hydrogens is 336 g/mol. The van der Waals surface area contributed by atoms with Gasteiger partial charge in [-0.25, -0.2) is 0 Å². The molecule has 1 aromatic rings. The smallest absolute Gasteiger partial charge is 0.307 e. The van der Waals surface area contributed by atoms with Gasteiger partial charge in [0.2, 0.25) is 5.91 Å². The summed E-state index contributed by atoms with van der Waals surface area (Å²) in [7, 11) is 0. The fraction of sp³-hybridized carbons (Fsp3) is 0.526. The normalized spacial score (nSPS) is 23.3. The summed E-state index contributed by atoms with van der Waals surface area (Å²) >= 11 is 0. The molecule has 7 nitrogen and oxygen atoms in total. The number of nitrogens with one attached hydrogen (secondary N) is 1. The van der Waals surface area contributed by atoms with Gasteiger partial charge in [-0.1, -0.05) is 12.8 Å². The van der Waals surface area contributed by atoms with Gasteiger partial charge in [0.15, 0.2) is 0 Å². The first-order chi connectivity index (χ1) is 12.6. The summed E-state index contributed by atoms with van der Waals surface area (Å²) in [4.78, 5) is 38.0. The van der Waals surface area contributed by atoms with E-state index in [1.807, 2.05) is 0 Å². The number of carbonyl (C=O) groups excluding carboxylic acids is 2. The number of benzene rings is 1. The van der Waals surface area contributed by atoms with Gasteiger partial charge in [-0.3, -0.25) is 14.4 Å². The number of carboxylic acids is 1. The third-order valence-electron chi connectivity index (χ3n) is 5.12. The van der Waals surface area contributed by atoms with E-state index in [1.54, 1.807) is 29.2 Å². The number of ether oxygens (including phenoxy) is 1. The van der Waals surface area contributed by atoms with Crippen molar-refractivity contribution in [2.45, 2.75) is 25.7 Å². The minimum Gasteiger partial charge on any atom is -0.481 e. The number of anilines is 1. The van der Waals surface area contributed by atoms with Gasteiger partial charge < -0.3 is 20.1 Å². The number of aliphatic carboxylic acids is 1. The molecule has 26 heavy (non-hydrogen) atoms. The Bertz CT molecular complexity index is 667. The van der Waals surface area contributed by atoms with Crippen LogP contribution >= 0.6 is 0 Å². The van der Waals surface area contributed by atoms with Crippen LogP contribution in [0.5, 0.6) is 0 Å². The van der Waals surface area contributed by atoms with E-state index in [9.17, 15) is 19.5 Å². The Morgan fingerprint density at radius 1 is 1.00 bits per heavy atom. The van der Waals surface area contributed by atoms with E-state index in [0.717, 1.165) is 12.8 Å². The zero-order valence-corrected chi connectivity index (χ0v) is 14.6. The molecule has 2 amide bonds. The Kier molecular flexibility index (Phi) is 5.88. The van der Waals surface area contributed by atoms with Crippen LogP contribution in [0.25, 0.3) is 0 Å². The Hall–Kier alpha value is -2.41. The molecule has 0 radical (unpaired) electrons. The Morgan fingerprint density at radius 3 is 2.23 bits per heavy atom. The fourth-order valence-corrected chi connectivity index (χ4v) is 3.62. The van der Waals surface area contributed by atoms with E-state index in [1.165, 1.54) is 0 Å². The van der Waals surface area contributed by atoms with Crippen molar-refractivity contribution in [3.63, 3.8) is 0 Å². The largest absolute Gasteiger partial charge is 0.481 e. The van der Waals surface area contributed by atoms with Crippen molar-refractivity contribution >= 4 is 23.5 Å². The van der Waals surface area contributed by atoms with Gasteiger partial charge in [0.05, 0.1) is 25.0 Å². The van der Waals surface area contributed by atoms with Crippen LogP contribution in [0.1, 0.15) is 36.0 Å². The molecule has 1 aromatic carbocycles. The number of morpholine rings is 1. The summed E-state index contributed by atoms with van der Waals surface area (Å²) in [6, 6.07) is 6.74. The first kappa shape index (κ1) is 18.4. The molecule has 0 unspecified atom stereocenters. The molecule has 0 aromatic heterocycles. The van der Waals surface area contributed by atoms with E-state index >= 15 is 0 Å². The molecule has 3 rings (SSSR count). The Balaban J connectivity index is 1.62. The average Bonchev–Trinajstić information content (AvgIpc) is 2.68. The number of carboxylic acid groups (broad SMARTS) is 1. The van der Waals surface area contributed by atoms with Crippen LogP contribution in [-0.2, 0) is 14.3 Å². The summed E-state index contributed by atoms with van der Waals surface area (Å²) < 4.78 is 5.25. The molecule has 2 N–H and O–H groups in total. The lowest BCUT2D eigenvalue weighted by Crippen LogP contribution is -2.40. The van der Waals surface area contributed by atoms with Crippen molar-refractivity contribution in [1.29, 1.82) is 0 Å². The standard InChI is InChI=1S/C19H24N2O5/c22-17(15-3-1-2-4-16(15)19(24)25)20-14-7-5-13(6-8-14)18(23)21-9-11-26-12-10-21/h5-8,15-16H,1-4,9-12H2,(H,20,22)(H,24,25)/t15-,16-/m1/s1. The van der Waals surface area contributed by atoms with Crippen molar-refractivity contribution in [2.75, 3.05) is 31.6 Å². The molecule has 2 fully saturated rings. The summed E-state index contributed by atoms with van der Waals surface area (Å²) in [5, 5.41) is 12.1. The van der Waals surface area contributed by atoms with E-state index in [4.69, 9.17) is 4.74 Å². The van der Waals surface area contributed by atoms with Gasteiger partial charge in [-0.05, 0) is 37.1 Å². The molecule has 1 saturated carbocycles. The van der Waals surface area contributed by atoms with E-state index in [-0.39, 0.29) is 11.8 Å². The zero-order chi connectivity index (χ0) is 18.5. The topological polar surface area (TPSA) is 95.9 Å². The molecule has 0 bridgehead atoms. The highest BCUT2D eigenvalue weighted by molar-refractivity contribution is 5.97. The number of hydrogen-bond acceptors (Lipinski definition) is 4. The van der Waals surface area contributed by atoms with E-state index in [0.29, 0.717) is 50.4 Å². The SMILES string of the molecule is O=C(O)[C@@H]1CCCC[C@H]1C(=O)Nc1ccc(C(=O)N2CCOCC2)cc1. The maximum Gasteiger partial charge on any atom is 0.307 e. The van der Waals surface area contributed by atoms with Crippen LogP contribution < -0.4 is 5.32 Å². The van der Waals surface area contributed by atoms with Crippen LogP contribution in [-0.4, -0.2) is 54.1 Å². The number of carbonyl (C=O) groups is 3. The lowest BCUT2D eigenvalue weighted by Gasteiger charge is -2.27. The summed E-state index contributed by atoms with van der Waals surface area (Å²) in [5.41, 5.74) is 1.13. The molecule has 140 valence electrons. The van der Waals surface area contributed by atoms with Gasteiger partial charge in [-0.2, -0.15) is 0 Å². The highest BCUT2D eigenvalue weighted by Gasteiger charge is 2.35. The Labute approximate surface area is 152 Å². The predicted octanol–water partition coefficient (Wildman–Crippen LogP) is 1.99. The first-order valence-electron chi connectivity index (χ1n) is 9.07. The van der Waals surface area contributed by atoms with Crippen molar-refractivity contribution < 1.29 is 24.2 Å². The molecule has 7 heteroatoms. The van der Waals surface area contributed by atoms with Gasteiger partial charge in [-0.15, -0.1) is 0 Å². The number of hydrogen-bond donors (Lipinski definition) is 2. The summed E-state index contributed by atoms with van der Waals surface area (Å²) in [6.45, 7) is 2.25. The van der Waals surface area contributed by atoms with Crippen LogP contribution in [0.4, 0.5) is 5.69 Å². The average molecular weight is 360 g/mol. The molecule has 2 aliphatic rings. The van der Waals surface area contributed by atoms with Gasteiger partial charge in [0, 0.05) is 24.3 Å². The monoisotopic (exact) mass is 360 g/mol. The second kappa shape index (κ2) is 8.31. The maximum atomic E-state index is 12.5. The number of rotatable bonds is 4. The highest BCUT2D eigenvalue weighted by atomic mass is 16.5. The predicted molar refractivity (Wildman–Crippen MR) is 94.9 cm³/mol. The number of nitrogens with zero attached hydrogens (tertiary/aromatic N) is 1. The molecule has 1 heterocycles. The lowest BCUT2D eigenvalue weighted by molar-refractivity contribution is -0.147. The third-order valence-corrected chi connectivity index (χ3v) is 5.12. The molecule has 1 saturated heterocycles. The molecule has 0 spiro atoms. The highest BCUT2D eigenvalue weighted by Crippen LogP contribution is 2.31. The number of amides is 2.